The Kier molecular flexibility index (Phi) is 5.35. The highest BCUT2D eigenvalue weighted by Crippen LogP contribution is 2.25. The van der Waals surface area contributed by atoms with E-state index in [1.807, 2.05) is 55.5 Å². The topological polar surface area (TPSA) is 66.0 Å². The Labute approximate surface area is 159 Å². The number of hydrogen-bond acceptors (Lipinski definition) is 3. The number of hydrogen-bond donors (Lipinski definition) is 1. The zero-order valence-corrected chi connectivity index (χ0v) is 15.6. The normalized spacial score (nSPS) is 11.0. The molecule has 1 N–H and O–H groups in total. The molecule has 128 valence electrons. The van der Waals surface area contributed by atoms with E-state index >= 15 is 0 Å². The molecule has 3 aromatic rings. The van der Waals surface area contributed by atoms with Crippen molar-refractivity contribution in [2.75, 3.05) is 5.32 Å². The number of nitriles is 1. The molecule has 5 heteroatoms. The Morgan fingerprint density at radius 2 is 1.77 bits per heavy atom. The summed E-state index contributed by atoms with van der Waals surface area (Å²) in [5.74, 6) is 0.636. The van der Waals surface area contributed by atoms with Gasteiger partial charge in [-0.05, 0) is 43.3 Å². The second-order valence-corrected chi connectivity index (χ2v) is 6.61. The molecule has 0 atom stereocenters. The molecule has 26 heavy (non-hydrogen) atoms. The summed E-state index contributed by atoms with van der Waals surface area (Å²) in [4.78, 5) is 12.3. The maximum absolute atomic E-state index is 12.3. The number of halogens is 1. The third kappa shape index (κ3) is 4.29. The molecule has 0 saturated heterocycles. The highest BCUT2D eigenvalue weighted by atomic mass is 79.9. The number of aryl methyl sites for hydroxylation is 1. The fourth-order valence-corrected chi connectivity index (χ4v) is 2.59. The van der Waals surface area contributed by atoms with Gasteiger partial charge in [-0.2, -0.15) is 5.26 Å². The van der Waals surface area contributed by atoms with Gasteiger partial charge in [-0.25, -0.2) is 0 Å². The number of rotatable bonds is 4. The molecule has 4 nitrogen and oxygen atoms in total. The monoisotopic (exact) mass is 406 g/mol. The summed E-state index contributed by atoms with van der Waals surface area (Å²) in [7, 11) is 0. The largest absolute Gasteiger partial charge is 0.457 e. The van der Waals surface area contributed by atoms with E-state index in [4.69, 9.17) is 4.42 Å². The number of nitrogens with zero attached hydrogens (tertiary/aromatic N) is 1. The average molecular weight is 407 g/mol. The Morgan fingerprint density at radius 1 is 1.08 bits per heavy atom. The van der Waals surface area contributed by atoms with Crippen molar-refractivity contribution in [2.45, 2.75) is 6.92 Å². The SMILES string of the molecule is Cc1ccc(NC(=O)/C(C#N)=C/c2ccc(-c3ccc(Br)cc3)o2)cc1. The molecule has 0 fully saturated rings. The molecule has 0 aliphatic rings. The van der Waals surface area contributed by atoms with Crippen molar-refractivity contribution in [3.63, 3.8) is 0 Å². The fourth-order valence-electron chi connectivity index (χ4n) is 2.33. The number of amides is 1. The fraction of sp³-hybridized carbons (Fsp3) is 0.0476. The van der Waals surface area contributed by atoms with Crippen LogP contribution in [0.25, 0.3) is 17.4 Å². The molecular weight excluding hydrogens is 392 g/mol. The van der Waals surface area contributed by atoms with E-state index < -0.39 is 5.91 Å². The first-order valence-corrected chi connectivity index (χ1v) is 8.70. The molecule has 0 saturated carbocycles. The van der Waals surface area contributed by atoms with Crippen molar-refractivity contribution in [3.05, 3.63) is 82.0 Å². The van der Waals surface area contributed by atoms with Gasteiger partial charge in [-0.3, -0.25) is 4.79 Å². The van der Waals surface area contributed by atoms with Crippen molar-refractivity contribution in [3.8, 4) is 17.4 Å². The zero-order chi connectivity index (χ0) is 18.5. The quantitative estimate of drug-likeness (QED) is 0.455. The molecule has 2 aromatic carbocycles. The van der Waals surface area contributed by atoms with Crippen LogP contribution in [0.15, 0.2) is 75.1 Å². The van der Waals surface area contributed by atoms with Crippen molar-refractivity contribution >= 4 is 33.6 Å². The number of carbonyl (C=O) groups excluding carboxylic acids is 1. The van der Waals surface area contributed by atoms with Crippen molar-refractivity contribution in [1.82, 2.24) is 0 Å². The van der Waals surface area contributed by atoms with Crippen LogP contribution in [-0.4, -0.2) is 5.91 Å². The summed E-state index contributed by atoms with van der Waals surface area (Å²) in [6.45, 7) is 1.96. The Bertz CT molecular complexity index is 994. The van der Waals surface area contributed by atoms with Crippen molar-refractivity contribution in [1.29, 1.82) is 5.26 Å². The predicted molar refractivity (Wildman–Crippen MR) is 105 cm³/mol. The van der Waals surface area contributed by atoms with Crippen LogP contribution in [0, 0.1) is 18.3 Å². The lowest BCUT2D eigenvalue weighted by atomic mass is 10.2. The minimum atomic E-state index is -0.474. The Balaban J connectivity index is 1.78. The Morgan fingerprint density at radius 3 is 2.42 bits per heavy atom. The van der Waals surface area contributed by atoms with Crippen LogP contribution in [-0.2, 0) is 4.79 Å². The summed E-state index contributed by atoms with van der Waals surface area (Å²) >= 11 is 3.39. The van der Waals surface area contributed by atoms with Crippen molar-refractivity contribution < 1.29 is 9.21 Å². The van der Waals surface area contributed by atoms with Gasteiger partial charge in [-0.1, -0.05) is 45.8 Å². The summed E-state index contributed by atoms with van der Waals surface area (Å²) in [5, 5.41) is 12.0. The van der Waals surface area contributed by atoms with Crippen LogP contribution in [0.3, 0.4) is 0 Å². The molecule has 1 heterocycles. The average Bonchev–Trinajstić information content (AvgIpc) is 3.11. The smallest absolute Gasteiger partial charge is 0.266 e. The molecule has 0 spiro atoms. The molecule has 0 unspecified atom stereocenters. The van der Waals surface area contributed by atoms with Crippen molar-refractivity contribution in [2.24, 2.45) is 0 Å². The van der Waals surface area contributed by atoms with Gasteiger partial charge in [-0.15, -0.1) is 0 Å². The van der Waals surface area contributed by atoms with E-state index in [2.05, 4.69) is 21.2 Å². The first-order valence-electron chi connectivity index (χ1n) is 7.91. The van der Waals surface area contributed by atoms with Gasteiger partial charge in [0.2, 0.25) is 0 Å². The highest BCUT2D eigenvalue weighted by molar-refractivity contribution is 9.10. The lowest BCUT2D eigenvalue weighted by Gasteiger charge is -2.04. The molecular formula is C21H15BrN2O2. The molecule has 0 aliphatic carbocycles. The summed E-state index contributed by atoms with van der Waals surface area (Å²) in [5.41, 5.74) is 2.62. The number of benzene rings is 2. The van der Waals surface area contributed by atoms with Gasteiger partial charge in [0.05, 0.1) is 0 Å². The van der Waals surface area contributed by atoms with Gasteiger partial charge in [0.1, 0.15) is 23.2 Å². The molecule has 1 aromatic heterocycles. The number of carbonyl (C=O) groups is 1. The summed E-state index contributed by atoms with van der Waals surface area (Å²) in [6, 6.07) is 20.5. The van der Waals surface area contributed by atoms with E-state index in [0.29, 0.717) is 17.2 Å². The minimum absolute atomic E-state index is 0.0257. The molecule has 1 amide bonds. The maximum atomic E-state index is 12.3. The van der Waals surface area contributed by atoms with E-state index in [9.17, 15) is 10.1 Å². The molecule has 0 aliphatic heterocycles. The van der Waals surface area contributed by atoms with Crippen LogP contribution in [0.2, 0.25) is 0 Å². The van der Waals surface area contributed by atoms with Gasteiger partial charge >= 0.3 is 0 Å². The molecule has 3 rings (SSSR count). The maximum Gasteiger partial charge on any atom is 0.266 e. The van der Waals surface area contributed by atoms with Gasteiger partial charge in [0.25, 0.3) is 5.91 Å². The van der Waals surface area contributed by atoms with Gasteiger partial charge in [0.15, 0.2) is 0 Å². The van der Waals surface area contributed by atoms with E-state index in [-0.39, 0.29) is 5.57 Å². The van der Waals surface area contributed by atoms with Crippen LogP contribution in [0.4, 0.5) is 5.69 Å². The summed E-state index contributed by atoms with van der Waals surface area (Å²) in [6.07, 6.45) is 1.44. The molecule has 0 bridgehead atoms. The third-order valence-corrected chi connectivity index (χ3v) is 4.25. The van der Waals surface area contributed by atoms with E-state index in [0.717, 1.165) is 15.6 Å². The minimum Gasteiger partial charge on any atom is -0.457 e. The zero-order valence-electron chi connectivity index (χ0n) is 14.0. The highest BCUT2D eigenvalue weighted by Gasteiger charge is 2.11. The standard InChI is InChI=1S/C21H15BrN2O2/c1-14-2-8-18(9-3-14)24-21(25)16(13-23)12-19-10-11-20(26-19)15-4-6-17(22)7-5-15/h2-12H,1H3,(H,24,25)/b16-12+. The predicted octanol–water partition coefficient (Wildman–Crippen LogP) is 5.56. The second kappa shape index (κ2) is 7.85. The van der Waals surface area contributed by atoms with Gasteiger partial charge in [0, 0.05) is 21.8 Å². The summed E-state index contributed by atoms with van der Waals surface area (Å²) < 4.78 is 6.71. The number of nitrogens with one attached hydrogen (secondary N) is 1. The van der Waals surface area contributed by atoms with Crippen LogP contribution in [0.5, 0.6) is 0 Å². The second-order valence-electron chi connectivity index (χ2n) is 5.70. The first-order chi connectivity index (χ1) is 12.5. The number of furan rings is 1. The van der Waals surface area contributed by atoms with Crippen LogP contribution < -0.4 is 5.32 Å². The third-order valence-electron chi connectivity index (χ3n) is 3.72. The first kappa shape index (κ1) is 17.7. The van der Waals surface area contributed by atoms with E-state index in [1.54, 1.807) is 18.2 Å². The van der Waals surface area contributed by atoms with Crippen LogP contribution in [0.1, 0.15) is 11.3 Å². The van der Waals surface area contributed by atoms with E-state index in [1.165, 1.54) is 6.08 Å². The van der Waals surface area contributed by atoms with Crippen LogP contribution >= 0.6 is 15.9 Å². The molecule has 0 radical (unpaired) electrons. The number of anilines is 1. The Hall–Kier alpha value is -3.10. The van der Waals surface area contributed by atoms with Gasteiger partial charge < -0.3 is 9.73 Å². The lowest BCUT2D eigenvalue weighted by Crippen LogP contribution is -2.13. The lowest BCUT2D eigenvalue weighted by molar-refractivity contribution is -0.112.